The molecular formula is C14H19N5O. The van der Waals surface area contributed by atoms with Crippen LogP contribution in [0.3, 0.4) is 0 Å². The van der Waals surface area contributed by atoms with E-state index in [1.807, 2.05) is 19.1 Å². The molecule has 0 amide bonds. The highest BCUT2D eigenvalue weighted by Gasteiger charge is 2.02. The van der Waals surface area contributed by atoms with Gasteiger partial charge in [-0.15, -0.1) is 0 Å². The van der Waals surface area contributed by atoms with E-state index in [-0.39, 0.29) is 0 Å². The van der Waals surface area contributed by atoms with E-state index in [1.165, 1.54) is 5.56 Å². The standard InChI is InChI=1S/C14H19N5O/c1-10-9-17-14(19-15)18-13(10)16-8-7-11-3-5-12(20-2)6-4-11/h3-6,9H,7-8,15H2,1-2H3,(H2,16,17,18,19). The van der Waals surface area contributed by atoms with Gasteiger partial charge in [-0.25, -0.2) is 10.8 Å². The Balaban J connectivity index is 1.91. The molecule has 0 fully saturated rings. The van der Waals surface area contributed by atoms with Crippen molar-refractivity contribution in [2.75, 3.05) is 24.4 Å². The lowest BCUT2D eigenvalue weighted by atomic mass is 10.1. The van der Waals surface area contributed by atoms with Crippen LogP contribution in [0.4, 0.5) is 11.8 Å². The number of nitrogen functional groups attached to an aromatic ring is 1. The summed E-state index contributed by atoms with van der Waals surface area (Å²) in [5.41, 5.74) is 4.66. The molecule has 4 N–H and O–H groups in total. The second-order valence-corrected chi connectivity index (χ2v) is 4.39. The van der Waals surface area contributed by atoms with Crippen LogP contribution in [0.5, 0.6) is 5.75 Å². The highest BCUT2D eigenvalue weighted by Crippen LogP contribution is 2.14. The molecule has 6 nitrogen and oxygen atoms in total. The van der Waals surface area contributed by atoms with Gasteiger partial charge in [-0.05, 0) is 31.0 Å². The zero-order valence-corrected chi connectivity index (χ0v) is 11.7. The van der Waals surface area contributed by atoms with Crippen molar-refractivity contribution in [1.82, 2.24) is 9.97 Å². The monoisotopic (exact) mass is 273 g/mol. The molecule has 0 aliphatic heterocycles. The maximum absolute atomic E-state index is 5.30. The third-order valence-corrected chi connectivity index (χ3v) is 2.97. The summed E-state index contributed by atoms with van der Waals surface area (Å²) in [5.74, 6) is 7.37. The number of anilines is 2. The molecule has 0 saturated heterocycles. The Morgan fingerprint density at radius 1 is 1.25 bits per heavy atom. The molecule has 2 aromatic rings. The van der Waals surface area contributed by atoms with Crippen molar-refractivity contribution in [3.63, 3.8) is 0 Å². The van der Waals surface area contributed by atoms with Crippen LogP contribution in [0, 0.1) is 6.92 Å². The Kier molecular flexibility index (Phi) is 4.73. The molecule has 20 heavy (non-hydrogen) atoms. The third-order valence-electron chi connectivity index (χ3n) is 2.97. The molecule has 0 unspecified atom stereocenters. The summed E-state index contributed by atoms with van der Waals surface area (Å²) in [4.78, 5) is 8.31. The summed E-state index contributed by atoms with van der Waals surface area (Å²) in [6, 6.07) is 8.03. The van der Waals surface area contributed by atoms with Crippen LogP contribution in [0.1, 0.15) is 11.1 Å². The Labute approximate surface area is 118 Å². The molecule has 1 aromatic heterocycles. The van der Waals surface area contributed by atoms with Gasteiger partial charge in [0.25, 0.3) is 0 Å². The van der Waals surface area contributed by atoms with Gasteiger partial charge in [-0.1, -0.05) is 12.1 Å². The van der Waals surface area contributed by atoms with Crippen LogP contribution in [-0.2, 0) is 6.42 Å². The third kappa shape index (κ3) is 3.58. The van der Waals surface area contributed by atoms with E-state index in [2.05, 4.69) is 32.8 Å². The summed E-state index contributed by atoms with van der Waals surface area (Å²) in [6.07, 6.45) is 2.64. The van der Waals surface area contributed by atoms with Crippen LogP contribution >= 0.6 is 0 Å². The number of hydrogen-bond donors (Lipinski definition) is 3. The number of nitrogens with one attached hydrogen (secondary N) is 2. The molecule has 0 saturated carbocycles. The highest BCUT2D eigenvalue weighted by molar-refractivity contribution is 5.46. The van der Waals surface area contributed by atoms with Crippen LogP contribution < -0.4 is 21.3 Å². The van der Waals surface area contributed by atoms with Gasteiger partial charge in [-0.2, -0.15) is 4.98 Å². The molecule has 1 aromatic carbocycles. The molecule has 0 aliphatic carbocycles. The van der Waals surface area contributed by atoms with Crippen LogP contribution in [0.2, 0.25) is 0 Å². The number of aryl methyl sites for hydroxylation is 1. The molecule has 0 aliphatic rings. The van der Waals surface area contributed by atoms with E-state index in [4.69, 9.17) is 10.6 Å². The maximum atomic E-state index is 5.30. The fourth-order valence-corrected chi connectivity index (χ4v) is 1.81. The lowest BCUT2D eigenvalue weighted by molar-refractivity contribution is 0.414. The van der Waals surface area contributed by atoms with Gasteiger partial charge >= 0.3 is 0 Å². The quantitative estimate of drug-likeness (QED) is 0.549. The summed E-state index contributed by atoms with van der Waals surface area (Å²) in [6.45, 7) is 2.74. The minimum absolute atomic E-state index is 0.405. The van der Waals surface area contributed by atoms with Crippen molar-refractivity contribution in [1.29, 1.82) is 0 Å². The van der Waals surface area contributed by atoms with Crippen molar-refractivity contribution in [3.8, 4) is 5.75 Å². The SMILES string of the molecule is COc1ccc(CCNc2nc(NN)ncc2C)cc1. The van der Waals surface area contributed by atoms with E-state index in [0.29, 0.717) is 5.95 Å². The van der Waals surface area contributed by atoms with Gasteiger partial charge < -0.3 is 10.1 Å². The van der Waals surface area contributed by atoms with Crippen LogP contribution in [-0.4, -0.2) is 23.6 Å². The van der Waals surface area contributed by atoms with Crippen LogP contribution in [0.25, 0.3) is 0 Å². The average Bonchev–Trinajstić information content (AvgIpc) is 2.50. The fourth-order valence-electron chi connectivity index (χ4n) is 1.81. The van der Waals surface area contributed by atoms with Crippen molar-refractivity contribution in [2.24, 2.45) is 5.84 Å². The molecular weight excluding hydrogens is 254 g/mol. The molecule has 0 bridgehead atoms. The van der Waals surface area contributed by atoms with Gasteiger partial charge in [0.2, 0.25) is 5.95 Å². The number of nitrogens with zero attached hydrogens (tertiary/aromatic N) is 2. The first-order valence-electron chi connectivity index (χ1n) is 6.40. The minimum atomic E-state index is 0.405. The lowest BCUT2D eigenvalue weighted by Crippen LogP contribution is -2.13. The number of methoxy groups -OCH3 is 1. The van der Waals surface area contributed by atoms with E-state index in [9.17, 15) is 0 Å². The fraction of sp³-hybridized carbons (Fsp3) is 0.286. The predicted molar refractivity (Wildman–Crippen MR) is 79.8 cm³/mol. The lowest BCUT2D eigenvalue weighted by Gasteiger charge is -2.09. The first kappa shape index (κ1) is 14.1. The average molecular weight is 273 g/mol. The smallest absolute Gasteiger partial charge is 0.239 e. The summed E-state index contributed by atoms with van der Waals surface area (Å²) in [5, 5.41) is 3.29. The van der Waals surface area contributed by atoms with E-state index < -0.39 is 0 Å². The maximum Gasteiger partial charge on any atom is 0.239 e. The van der Waals surface area contributed by atoms with Gasteiger partial charge in [-0.3, -0.25) is 5.43 Å². The summed E-state index contributed by atoms with van der Waals surface area (Å²) >= 11 is 0. The molecule has 1 heterocycles. The summed E-state index contributed by atoms with van der Waals surface area (Å²) in [7, 11) is 1.66. The highest BCUT2D eigenvalue weighted by atomic mass is 16.5. The van der Waals surface area contributed by atoms with E-state index >= 15 is 0 Å². The number of benzene rings is 1. The number of rotatable bonds is 6. The number of nitrogens with two attached hydrogens (primary N) is 1. The van der Waals surface area contributed by atoms with Crippen molar-refractivity contribution < 1.29 is 4.74 Å². The Morgan fingerprint density at radius 2 is 2.00 bits per heavy atom. The molecule has 6 heteroatoms. The minimum Gasteiger partial charge on any atom is -0.497 e. The number of hydrogen-bond acceptors (Lipinski definition) is 6. The molecule has 0 atom stereocenters. The zero-order chi connectivity index (χ0) is 14.4. The number of ether oxygens (including phenoxy) is 1. The second kappa shape index (κ2) is 6.72. The van der Waals surface area contributed by atoms with Crippen LogP contribution in [0.15, 0.2) is 30.5 Å². The van der Waals surface area contributed by atoms with Crippen molar-refractivity contribution >= 4 is 11.8 Å². The largest absolute Gasteiger partial charge is 0.497 e. The van der Waals surface area contributed by atoms with Crippen molar-refractivity contribution in [2.45, 2.75) is 13.3 Å². The normalized spacial score (nSPS) is 10.2. The molecule has 0 spiro atoms. The first-order chi connectivity index (χ1) is 9.72. The summed E-state index contributed by atoms with van der Waals surface area (Å²) < 4.78 is 5.13. The van der Waals surface area contributed by atoms with Gasteiger partial charge in [0.1, 0.15) is 11.6 Å². The van der Waals surface area contributed by atoms with E-state index in [0.717, 1.165) is 30.1 Å². The second-order valence-electron chi connectivity index (χ2n) is 4.39. The molecule has 0 radical (unpaired) electrons. The topological polar surface area (TPSA) is 85.1 Å². The number of aromatic nitrogens is 2. The number of hydrazine groups is 1. The van der Waals surface area contributed by atoms with Gasteiger partial charge in [0.05, 0.1) is 7.11 Å². The first-order valence-corrected chi connectivity index (χ1v) is 6.40. The Bertz CT molecular complexity index is 556. The van der Waals surface area contributed by atoms with Gasteiger partial charge in [0, 0.05) is 18.3 Å². The zero-order valence-electron chi connectivity index (χ0n) is 11.7. The van der Waals surface area contributed by atoms with Crippen molar-refractivity contribution in [3.05, 3.63) is 41.6 Å². The van der Waals surface area contributed by atoms with E-state index in [1.54, 1.807) is 13.3 Å². The molecule has 2 rings (SSSR count). The predicted octanol–water partition coefficient (Wildman–Crippen LogP) is 1.73. The van der Waals surface area contributed by atoms with Gasteiger partial charge in [0.15, 0.2) is 0 Å². The molecule has 106 valence electrons. The Morgan fingerprint density at radius 3 is 2.65 bits per heavy atom. The Hall–Kier alpha value is -2.34.